The van der Waals surface area contributed by atoms with Gasteiger partial charge in [0.2, 0.25) is 5.91 Å². The number of ether oxygens (including phenoxy) is 1. The molecule has 0 heterocycles. The molecule has 2 N–H and O–H groups in total. The standard InChI is InChI=1S/C20H24N2O3/c1-4-25-20(24)17-7-5-6-8-18(17)22-19(23)11-12-21-16-10-9-14(2)15(3)13-16/h5-10,13,21H,4,11-12H2,1-3H3,(H,22,23). The largest absolute Gasteiger partial charge is 0.462 e. The van der Waals surface area contributed by atoms with Gasteiger partial charge < -0.3 is 15.4 Å². The predicted molar refractivity (Wildman–Crippen MR) is 100 cm³/mol. The molecule has 0 atom stereocenters. The highest BCUT2D eigenvalue weighted by atomic mass is 16.5. The van der Waals surface area contributed by atoms with Crippen molar-refractivity contribution >= 4 is 23.3 Å². The van der Waals surface area contributed by atoms with E-state index in [1.807, 2.05) is 12.1 Å². The van der Waals surface area contributed by atoms with Crippen molar-refractivity contribution in [1.82, 2.24) is 0 Å². The molecule has 132 valence electrons. The second kappa shape index (κ2) is 8.87. The normalized spacial score (nSPS) is 10.2. The Labute approximate surface area is 148 Å². The van der Waals surface area contributed by atoms with Crippen molar-refractivity contribution in [2.75, 3.05) is 23.8 Å². The third-order valence-corrected chi connectivity index (χ3v) is 3.88. The van der Waals surface area contributed by atoms with Gasteiger partial charge in [-0.2, -0.15) is 0 Å². The van der Waals surface area contributed by atoms with Gasteiger partial charge in [-0.25, -0.2) is 4.79 Å². The van der Waals surface area contributed by atoms with Crippen molar-refractivity contribution in [3.63, 3.8) is 0 Å². The van der Waals surface area contributed by atoms with Gasteiger partial charge in [-0.15, -0.1) is 0 Å². The molecule has 0 aliphatic carbocycles. The Hall–Kier alpha value is -2.82. The summed E-state index contributed by atoms with van der Waals surface area (Å²) >= 11 is 0. The smallest absolute Gasteiger partial charge is 0.340 e. The molecule has 0 fully saturated rings. The number of esters is 1. The van der Waals surface area contributed by atoms with E-state index in [4.69, 9.17) is 4.74 Å². The third-order valence-electron chi connectivity index (χ3n) is 3.88. The van der Waals surface area contributed by atoms with Crippen molar-refractivity contribution in [1.29, 1.82) is 0 Å². The molecule has 0 saturated carbocycles. The van der Waals surface area contributed by atoms with Crippen LogP contribution in [0.25, 0.3) is 0 Å². The number of aryl methyl sites for hydroxylation is 2. The van der Waals surface area contributed by atoms with Crippen molar-refractivity contribution in [2.24, 2.45) is 0 Å². The first-order valence-electron chi connectivity index (χ1n) is 8.38. The lowest BCUT2D eigenvalue weighted by Crippen LogP contribution is -2.18. The second-order valence-electron chi connectivity index (χ2n) is 5.79. The molecular weight excluding hydrogens is 316 g/mol. The van der Waals surface area contributed by atoms with Gasteiger partial charge in [0.05, 0.1) is 17.9 Å². The summed E-state index contributed by atoms with van der Waals surface area (Å²) in [6, 6.07) is 12.9. The maximum absolute atomic E-state index is 12.2. The first-order valence-corrected chi connectivity index (χ1v) is 8.38. The lowest BCUT2D eigenvalue weighted by atomic mass is 10.1. The Morgan fingerprint density at radius 1 is 1.04 bits per heavy atom. The van der Waals surface area contributed by atoms with E-state index < -0.39 is 5.97 Å². The number of benzene rings is 2. The molecule has 2 aromatic carbocycles. The van der Waals surface area contributed by atoms with Crippen LogP contribution >= 0.6 is 0 Å². The number of hydrogen-bond acceptors (Lipinski definition) is 4. The second-order valence-corrected chi connectivity index (χ2v) is 5.79. The molecule has 0 unspecified atom stereocenters. The highest BCUT2D eigenvalue weighted by molar-refractivity contribution is 6.01. The highest BCUT2D eigenvalue weighted by Crippen LogP contribution is 2.17. The zero-order valence-electron chi connectivity index (χ0n) is 14.9. The molecule has 5 heteroatoms. The van der Waals surface area contributed by atoms with Crippen LogP contribution in [0.4, 0.5) is 11.4 Å². The van der Waals surface area contributed by atoms with Gasteiger partial charge in [-0.1, -0.05) is 18.2 Å². The Kier molecular flexibility index (Phi) is 6.57. The fourth-order valence-electron chi connectivity index (χ4n) is 2.36. The van der Waals surface area contributed by atoms with Crippen LogP contribution in [0.1, 0.15) is 34.8 Å². The first kappa shape index (κ1) is 18.5. The van der Waals surface area contributed by atoms with Crippen LogP contribution in [-0.2, 0) is 9.53 Å². The summed E-state index contributed by atoms with van der Waals surface area (Å²) in [7, 11) is 0. The van der Waals surface area contributed by atoms with Gasteiger partial charge >= 0.3 is 5.97 Å². The summed E-state index contributed by atoms with van der Waals surface area (Å²) in [5.74, 6) is -0.597. The van der Waals surface area contributed by atoms with Crippen LogP contribution in [0, 0.1) is 13.8 Å². The van der Waals surface area contributed by atoms with Crippen molar-refractivity contribution in [2.45, 2.75) is 27.2 Å². The summed E-state index contributed by atoms with van der Waals surface area (Å²) in [6.45, 7) is 6.67. The Bertz CT molecular complexity index is 756. The van der Waals surface area contributed by atoms with E-state index >= 15 is 0 Å². The topological polar surface area (TPSA) is 67.4 Å². The lowest BCUT2D eigenvalue weighted by molar-refractivity contribution is -0.115. The van der Waals surface area contributed by atoms with Crippen molar-refractivity contribution in [3.8, 4) is 0 Å². The number of nitrogens with one attached hydrogen (secondary N) is 2. The van der Waals surface area contributed by atoms with Crippen LogP contribution in [0.2, 0.25) is 0 Å². The highest BCUT2D eigenvalue weighted by Gasteiger charge is 2.13. The van der Waals surface area contributed by atoms with E-state index in [0.29, 0.717) is 30.8 Å². The van der Waals surface area contributed by atoms with Crippen LogP contribution < -0.4 is 10.6 Å². The summed E-state index contributed by atoms with van der Waals surface area (Å²) in [5.41, 5.74) is 4.26. The molecule has 0 spiro atoms. The number of carbonyl (C=O) groups excluding carboxylic acids is 2. The number of anilines is 2. The zero-order chi connectivity index (χ0) is 18.2. The summed E-state index contributed by atoms with van der Waals surface area (Å²) in [4.78, 5) is 24.1. The monoisotopic (exact) mass is 340 g/mol. The average Bonchev–Trinajstić information content (AvgIpc) is 2.59. The van der Waals surface area contributed by atoms with E-state index in [2.05, 4.69) is 30.5 Å². The molecule has 2 aromatic rings. The maximum Gasteiger partial charge on any atom is 0.340 e. The van der Waals surface area contributed by atoms with E-state index in [1.54, 1.807) is 31.2 Å². The fourth-order valence-corrected chi connectivity index (χ4v) is 2.36. The molecule has 0 saturated heterocycles. The molecule has 5 nitrogen and oxygen atoms in total. The Balaban J connectivity index is 1.90. The zero-order valence-corrected chi connectivity index (χ0v) is 14.9. The molecule has 0 aromatic heterocycles. The van der Waals surface area contributed by atoms with E-state index in [9.17, 15) is 9.59 Å². The molecule has 1 amide bonds. The molecule has 0 radical (unpaired) electrons. The molecule has 25 heavy (non-hydrogen) atoms. The summed E-state index contributed by atoms with van der Waals surface area (Å²) in [5, 5.41) is 6.01. The average molecular weight is 340 g/mol. The van der Waals surface area contributed by atoms with Crippen molar-refractivity contribution in [3.05, 3.63) is 59.2 Å². The maximum atomic E-state index is 12.2. The SMILES string of the molecule is CCOC(=O)c1ccccc1NC(=O)CCNc1ccc(C)c(C)c1. The van der Waals surface area contributed by atoms with Gasteiger partial charge in [-0.3, -0.25) is 4.79 Å². The molecule has 2 rings (SSSR count). The van der Waals surface area contributed by atoms with Gasteiger partial charge in [0.1, 0.15) is 0 Å². The minimum Gasteiger partial charge on any atom is -0.462 e. The van der Waals surface area contributed by atoms with Crippen LogP contribution in [0.5, 0.6) is 0 Å². The number of rotatable bonds is 7. The first-order chi connectivity index (χ1) is 12.0. The fraction of sp³-hybridized carbons (Fsp3) is 0.300. The quantitative estimate of drug-likeness (QED) is 0.750. The number of hydrogen-bond donors (Lipinski definition) is 2. The number of carbonyl (C=O) groups is 2. The molecule has 0 bridgehead atoms. The molecule has 0 aliphatic heterocycles. The lowest BCUT2D eigenvalue weighted by Gasteiger charge is -2.11. The van der Waals surface area contributed by atoms with Gasteiger partial charge in [0.15, 0.2) is 0 Å². The number of para-hydroxylation sites is 1. The van der Waals surface area contributed by atoms with Crippen LogP contribution in [0.15, 0.2) is 42.5 Å². The Morgan fingerprint density at radius 3 is 2.52 bits per heavy atom. The predicted octanol–water partition coefficient (Wildman–Crippen LogP) is 3.92. The minimum atomic E-state index is -0.438. The molecule has 0 aliphatic rings. The Morgan fingerprint density at radius 2 is 1.80 bits per heavy atom. The van der Waals surface area contributed by atoms with E-state index in [0.717, 1.165) is 5.69 Å². The van der Waals surface area contributed by atoms with Gasteiger partial charge in [-0.05, 0) is 56.2 Å². The van der Waals surface area contributed by atoms with E-state index in [-0.39, 0.29) is 5.91 Å². The van der Waals surface area contributed by atoms with Crippen LogP contribution in [0.3, 0.4) is 0 Å². The van der Waals surface area contributed by atoms with Crippen LogP contribution in [-0.4, -0.2) is 25.0 Å². The molecular formula is C20H24N2O3. The van der Waals surface area contributed by atoms with Crippen molar-refractivity contribution < 1.29 is 14.3 Å². The number of amides is 1. The summed E-state index contributed by atoms with van der Waals surface area (Å²) < 4.78 is 5.01. The summed E-state index contributed by atoms with van der Waals surface area (Å²) in [6.07, 6.45) is 0.296. The minimum absolute atomic E-state index is 0.159. The van der Waals surface area contributed by atoms with Gasteiger partial charge in [0, 0.05) is 18.7 Å². The van der Waals surface area contributed by atoms with Gasteiger partial charge in [0.25, 0.3) is 0 Å². The van der Waals surface area contributed by atoms with E-state index in [1.165, 1.54) is 11.1 Å². The third kappa shape index (κ3) is 5.35.